The van der Waals surface area contributed by atoms with Gasteiger partial charge in [-0.05, 0) is 19.4 Å². The molecule has 3 nitrogen and oxygen atoms in total. The van der Waals surface area contributed by atoms with Crippen molar-refractivity contribution in [2.75, 3.05) is 6.26 Å². The van der Waals surface area contributed by atoms with Gasteiger partial charge in [0.2, 0.25) is 0 Å². The second-order valence-electron chi connectivity index (χ2n) is 4.07. The number of halogens is 1. The minimum atomic E-state index is -3.54. The van der Waals surface area contributed by atoms with Crippen LogP contribution in [0.15, 0.2) is 24.3 Å². The Morgan fingerprint density at radius 3 is 2.12 bits per heavy atom. The Labute approximate surface area is 101 Å². The molecule has 5 heteroatoms. The van der Waals surface area contributed by atoms with Crippen molar-refractivity contribution in [2.45, 2.75) is 24.2 Å². The van der Waals surface area contributed by atoms with E-state index in [1.807, 2.05) is 6.92 Å². The van der Waals surface area contributed by atoms with E-state index in [-0.39, 0.29) is 0 Å². The van der Waals surface area contributed by atoms with Gasteiger partial charge in [-0.15, -0.1) is 0 Å². The molecule has 0 saturated heterocycles. The first-order chi connectivity index (χ1) is 7.16. The summed E-state index contributed by atoms with van der Waals surface area (Å²) < 4.78 is 21.2. The van der Waals surface area contributed by atoms with Gasteiger partial charge >= 0.3 is 0 Å². The third kappa shape index (κ3) is 2.56. The van der Waals surface area contributed by atoms with Crippen molar-refractivity contribution < 1.29 is 13.5 Å². The number of alkyl halides is 1. The van der Waals surface area contributed by atoms with Crippen molar-refractivity contribution in [1.82, 2.24) is 0 Å². The summed E-state index contributed by atoms with van der Waals surface area (Å²) in [7, 11) is -3.54. The zero-order valence-corrected chi connectivity index (χ0v) is 11.0. The summed E-state index contributed by atoms with van der Waals surface area (Å²) in [5, 5.41) is 9.96. The summed E-state index contributed by atoms with van der Waals surface area (Å²) >= 11 is 5.90. The summed E-state index contributed by atoms with van der Waals surface area (Å²) in [6.07, 6.45) is -0.234. The van der Waals surface area contributed by atoms with Gasteiger partial charge in [0.1, 0.15) is 6.10 Å². The van der Waals surface area contributed by atoms with E-state index in [1.165, 1.54) is 6.92 Å². The molecule has 1 aromatic carbocycles. The zero-order chi connectivity index (χ0) is 12.6. The van der Waals surface area contributed by atoms with Crippen LogP contribution in [-0.2, 0) is 9.84 Å². The number of aryl methyl sites for hydroxylation is 1. The number of hydrogen-bond donors (Lipinski definition) is 1. The van der Waals surface area contributed by atoms with Gasteiger partial charge in [0.05, 0.1) is 0 Å². The van der Waals surface area contributed by atoms with Gasteiger partial charge in [0.25, 0.3) is 0 Å². The number of hydrogen-bond acceptors (Lipinski definition) is 3. The molecular weight excluding hydrogens is 248 g/mol. The van der Waals surface area contributed by atoms with Crippen molar-refractivity contribution in [3.63, 3.8) is 0 Å². The van der Waals surface area contributed by atoms with E-state index in [2.05, 4.69) is 0 Å². The predicted molar refractivity (Wildman–Crippen MR) is 65.2 cm³/mol. The highest BCUT2D eigenvalue weighted by Crippen LogP contribution is 2.36. The van der Waals surface area contributed by atoms with Crippen LogP contribution in [0.4, 0.5) is 0 Å². The molecule has 0 unspecified atom stereocenters. The van der Waals surface area contributed by atoms with E-state index in [4.69, 9.17) is 11.6 Å². The molecule has 0 fully saturated rings. The molecule has 2 atom stereocenters. The summed E-state index contributed by atoms with van der Waals surface area (Å²) in [6, 6.07) is 6.94. The molecule has 0 radical (unpaired) electrons. The van der Waals surface area contributed by atoms with Crippen LogP contribution in [0.2, 0.25) is 0 Å². The molecule has 16 heavy (non-hydrogen) atoms. The number of rotatable bonds is 3. The summed E-state index contributed by atoms with van der Waals surface area (Å²) in [5.41, 5.74) is 1.53. The zero-order valence-electron chi connectivity index (χ0n) is 9.44. The third-order valence-electron chi connectivity index (χ3n) is 2.61. The van der Waals surface area contributed by atoms with Gasteiger partial charge in [-0.25, -0.2) is 8.42 Å². The summed E-state index contributed by atoms with van der Waals surface area (Å²) in [5.74, 6) is 0. The molecule has 1 aromatic rings. The Balaban J connectivity index is 3.12. The van der Waals surface area contributed by atoms with E-state index >= 15 is 0 Å². The molecule has 0 aliphatic rings. The minimum absolute atomic E-state index is 0.494. The average molecular weight is 263 g/mol. The highest BCUT2D eigenvalue weighted by Gasteiger charge is 2.41. The van der Waals surface area contributed by atoms with E-state index in [0.29, 0.717) is 5.56 Å². The lowest BCUT2D eigenvalue weighted by Crippen LogP contribution is -2.35. The van der Waals surface area contributed by atoms with Crippen LogP contribution in [0.25, 0.3) is 0 Å². The minimum Gasteiger partial charge on any atom is -0.385 e. The SMILES string of the molecule is Cc1ccc([C@H](O)[C@@](C)(Cl)S(C)(=O)=O)cc1. The maximum atomic E-state index is 11.4. The van der Waals surface area contributed by atoms with Gasteiger partial charge in [-0.3, -0.25) is 0 Å². The first-order valence-electron chi connectivity index (χ1n) is 4.79. The standard InChI is InChI=1S/C11H15ClO3S/c1-8-4-6-9(7-5-8)10(13)11(2,12)16(3,14)15/h4-7,10,13H,1-3H3/t10-,11-/m0/s1. The van der Waals surface area contributed by atoms with E-state index in [0.717, 1.165) is 11.8 Å². The molecule has 0 aliphatic carbocycles. The molecule has 0 aromatic heterocycles. The average Bonchev–Trinajstić information content (AvgIpc) is 2.16. The molecule has 90 valence electrons. The molecule has 1 N–H and O–H groups in total. The van der Waals surface area contributed by atoms with Crippen LogP contribution in [0.3, 0.4) is 0 Å². The third-order valence-corrected chi connectivity index (χ3v) is 5.33. The van der Waals surface area contributed by atoms with Gasteiger partial charge in [0.15, 0.2) is 14.0 Å². The highest BCUT2D eigenvalue weighted by molar-refractivity contribution is 7.93. The van der Waals surface area contributed by atoms with E-state index in [1.54, 1.807) is 24.3 Å². The molecule has 0 heterocycles. The Morgan fingerprint density at radius 2 is 1.75 bits per heavy atom. The van der Waals surface area contributed by atoms with Crippen LogP contribution in [0.1, 0.15) is 24.2 Å². The van der Waals surface area contributed by atoms with E-state index < -0.39 is 20.1 Å². The van der Waals surface area contributed by atoms with Crippen LogP contribution in [0, 0.1) is 6.92 Å². The number of sulfone groups is 1. The first-order valence-corrected chi connectivity index (χ1v) is 7.06. The Hall–Kier alpha value is -0.580. The summed E-state index contributed by atoms with van der Waals surface area (Å²) in [6.45, 7) is 3.21. The van der Waals surface area contributed by atoms with Crippen LogP contribution < -0.4 is 0 Å². The smallest absolute Gasteiger partial charge is 0.172 e. The van der Waals surface area contributed by atoms with Crippen molar-refractivity contribution >= 4 is 21.4 Å². The van der Waals surface area contributed by atoms with Gasteiger partial charge in [-0.2, -0.15) is 0 Å². The van der Waals surface area contributed by atoms with Gasteiger partial charge in [-0.1, -0.05) is 41.4 Å². The largest absolute Gasteiger partial charge is 0.385 e. The molecule has 0 amide bonds. The van der Waals surface area contributed by atoms with Crippen LogP contribution >= 0.6 is 11.6 Å². The maximum absolute atomic E-state index is 11.4. The van der Waals surface area contributed by atoms with Crippen molar-refractivity contribution in [2.24, 2.45) is 0 Å². The van der Waals surface area contributed by atoms with Crippen LogP contribution in [-0.4, -0.2) is 24.0 Å². The molecule has 0 aliphatic heterocycles. The number of benzene rings is 1. The van der Waals surface area contributed by atoms with E-state index in [9.17, 15) is 13.5 Å². The lowest BCUT2D eigenvalue weighted by atomic mass is 10.1. The normalized spacial score (nSPS) is 17.8. The van der Waals surface area contributed by atoms with Crippen molar-refractivity contribution in [3.05, 3.63) is 35.4 Å². The lowest BCUT2D eigenvalue weighted by molar-refractivity contribution is 0.163. The molecule has 1 rings (SSSR count). The number of aliphatic hydroxyl groups excluding tert-OH is 1. The fourth-order valence-corrected chi connectivity index (χ4v) is 1.92. The van der Waals surface area contributed by atoms with Crippen molar-refractivity contribution in [3.8, 4) is 0 Å². The Kier molecular flexibility index (Phi) is 3.67. The number of aliphatic hydroxyl groups is 1. The Morgan fingerprint density at radius 1 is 1.31 bits per heavy atom. The molecule has 0 saturated carbocycles. The monoisotopic (exact) mass is 262 g/mol. The van der Waals surface area contributed by atoms with Crippen molar-refractivity contribution in [1.29, 1.82) is 0 Å². The Bertz CT molecular complexity index is 463. The highest BCUT2D eigenvalue weighted by atomic mass is 35.5. The quantitative estimate of drug-likeness (QED) is 0.848. The van der Waals surface area contributed by atoms with Gasteiger partial charge < -0.3 is 5.11 Å². The lowest BCUT2D eigenvalue weighted by Gasteiger charge is -2.26. The van der Waals surface area contributed by atoms with Crippen LogP contribution in [0.5, 0.6) is 0 Å². The summed E-state index contributed by atoms with van der Waals surface area (Å²) in [4.78, 5) is 0. The van der Waals surface area contributed by atoms with Gasteiger partial charge in [0, 0.05) is 6.26 Å². The topological polar surface area (TPSA) is 54.4 Å². The molecule has 0 bridgehead atoms. The predicted octanol–water partition coefficient (Wildman–Crippen LogP) is 2.03. The maximum Gasteiger partial charge on any atom is 0.172 e. The second kappa shape index (κ2) is 4.35. The second-order valence-corrected chi connectivity index (χ2v) is 7.47. The first kappa shape index (κ1) is 13.5. The molecular formula is C11H15ClO3S. The fourth-order valence-electron chi connectivity index (χ4n) is 1.25. The molecule has 0 spiro atoms. The fraction of sp³-hybridized carbons (Fsp3) is 0.455.